The van der Waals surface area contributed by atoms with Gasteiger partial charge in [0.15, 0.2) is 0 Å². The van der Waals surface area contributed by atoms with E-state index in [2.05, 4.69) is 10.2 Å². The van der Waals surface area contributed by atoms with Crippen LogP contribution in [0.4, 0.5) is 5.69 Å². The van der Waals surface area contributed by atoms with Crippen molar-refractivity contribution in [1.82, 2.24) is 0 Å². The van der Waals surface area contributed by atoms with Gasteiger partial charge in [-0.25, -0.2) is 0 Å². The van der Waals surface area contributed by atoms with Gasteiger partial charge in [-0.05, 0) is 11.6 Å². The van der Waals surface area contributed by atoms with Crippen molar-refractivity contribution in [2.75, 3.05) is 5.75 Å². The molecule has 0 saturated carbocycles. The summed E-state index contributed by atoms with van der Waals surface area (Å²) in [5.74, 6) is -0.692. The molecule has 0 aliphatic carbocycles. The summed E-state index contributed by atoms with van der Waals surface area (Å²) in [6.07, 6.45) is 0.331. The number of carbonyl (C=O) groups is 1. The van der Waals surface area contributed by atoms with Crippen molar-refractivity contribution >= 4 is 34.2 Å². The number of hydrogen-bond donors (Lipinski definition) is 1. The maximum atomic E-state index is 11.2. The Morgan fingerprint density at radius 1 is 1.22 bits per heavy atom. The van der Waals surface area contributed by atoms with Gasteiger partial charge in [-0.2, -0.15) is 5.10 Å². The van der Waals surface area contributed by atoms with Crippen molar-refractivity contribution in [3.63, 3.8) is 0 Å². The fourth-order valence-electron chi connectivity index (χ4n) is 2.39. The molecule has 0 unspecified atom stereocenters. The van der Waals surface area contributed by atoms with Crippen LogP contribution in [0, 0.1) is 10.1 Å². The molecule has 2 aromatic rings. The van der Waals surface area contributed by atoms with E-state index in [1.54, 1.807) is 6.07 Å². The van der Waals surface area contributed by atoms with E-state index < -0.39 is 10.9 Å². The van der Waals surface area contributed by atoms with E-state index in [1.807, 2.05) is 30.3 Å². The Morgan fingerprint density at radius 2 is 2.00 bits per heavy atom. The molecule has 27 heavy (non-hydrogen) atoms. The lowest BCUT2D eigenvalue weighted by atomic mass is 10.1. The molecule has 2 aromatic carbocycles. The van der Waals surface area contributed by atoms with Crippen molar-refractivity contribution in [2.24, 2.45) is 10.2 Å². The average Bonchev–Trinajstić information content (AvgIpc) is 3.14. The van der Waals surface area contributed by atoms with Gasteiger partial charge in [0.2, 0.25) is 0 Å². The largest absolute Gasteiger partial charge is 0.489 e. The SMILES string of the molecule is O=C(O)CSC1=NN=C(c2cc(OCc3ccccc3)cc([N+](=O)[O-])c2)C1. The Morgan fingerprint density at radius 3 is 2.70 bits per heavy atom. The topological polar surface area (TPSA) is 114 Å². The van der Waals surface area contributed by atoms with Crippen molar-refractivity contribution in [2.45, 2.75) is 13.0 Å². The van der Waals surface area contributed by atoms with Crippen LogP contribution in [-0.4, -0.2) is 32.5 Å². The van der Waals surface area contributed by atoms with Crippen LogP contribution in [0.1, 0.15) is 17.5 Å². The molecule has 1 aliphatic rings. The number of carboxylic acids is 1. The van der Waals surface area contributed by atoms with Gasteiger partial charge < -0.3 is 9.84 Å². The molecule has 1 aliphatic heterocycles. The maximum absolute atomic E-state index is 11.2. The van der Waals surface area contributed by atoms with Crippen LogP contribution in [0.3, 0.4) is 0 Å². The van der Waals surface area contributed by atoms with Crippen molar-refractivity contribution in [3.8, 4) is 5.75 Å². The zero-order valence-electron chi connectivity index (χ0n) is 14.1. The first-order valence-electron chi connectivity index (χ1n) is 7.96. The molecule has 8 nitrogen and oxygen atoms in total. The maximum Gasteiger partial charge on any atom is 0.313 e. The van der Waals surface area contributed by atoms with Crippen LogP contribution >= 0.6 is 11.8 Å². The molecule has 138 valence electrons. The Hall–Kier alpha value is -3.20. The Kier molecular flexibility index (Phi) is 5.82. The summed E-state index contributed by atoms with van der Waals surface area (Å²) in [5, 5.41) is 28.5. The van der Waals surface area contributed by atoms with E-state index in [0.29, 0.717) is 28.5 Å². The molecule has 0 amide bonds. The lowest BCUT2D eigenvalue weighted by molar-refractivity contribution is -0.385. The summed E-state index contributed by atoms with van der Waals surface area (Å²) in [6.45, 7) is 0.282. The van der Waals surface area contributed by atoms with Crippen LogP contribution in [0.2, 0.25) is 0 Å². The normalized spacial score (nSPS) is 13.0. The van der Waals surface area contributed by atoms with E-state index in [9.17, 15) is 14.9 Å². The molecule has 1 N–H and O–H groups in total. The first-order valence-corrected chi connectivity index (χ1v) is 8.94. The number of carboxylic acid groups (broad SMARTS) is 1. The number of hydrogen-bond acceptors (Lipinski definition) is 7. The zero-order valence-corrected chi connectivity index (χ0v) is 14.9. The number of thioether (sulfide) groups is 1. The number of ether oxygens (including phenoxy) is 1. The summed E-state index contributed by atoms with van der Waals surface area (Å²) < 4.78 is 5.71. The Bertz CT molecular complexity index is 928. The molecule has 0 atom stereocenters. The standard InChI is InChI=1S/C18H15N3O5S/c22-18(23)11-27-17-9-16(19-20-17)13-6-14(21(24)25)8-15(7-13)26-10-12-4-2-1-3-5-12/h1-8H,9-11H2,(H,22,23). The van der Waals surface area contributed by atoms with Crippen molar-refractivity contribution in [1.29, 1.82) is 0 Å². The highest BCUT2D eigenvalue weighted by Gasteiger charge is 2.20. The van der Waals surface area contributed by atoms with Crippen molar-refractivity contribution < 1.29 is 19.6 Å². The Balaban J connectivity index is 1.74. The van der Waals surface area contributed by atoms with Crippen LogP contribution in [-0.2, 0) is 11.4 Å². The molecule has 0 saturated heterocycles. The third-order valence-corrected chi connectivity index (χ3v) is 4.60. The molecular formula is C18H15N3O5S. The van der Waals surface area contributed by atoms with Gasteiger partial charge in [0.25, 0.3) is 5.69 Å². The van der Waals surface area contributed by atoms with Gasteiger partial charge in [-0.15, -0.1) is 5.10 Å². The lowest BCUT2D eigenvalue weighted by Crippen LogP contribution is -2.06. The molecular weight excluding hydrogens is 370 g/mol. The second-order valence-electron chi connectivity index (χ2n) is 5.65. The van der Waals surface area contributed by atoms with E-state index in [4.69, 9.17) is 9.84 Å². The van der Waals surface area contributed by atoms with Gasteiger partial charge in [-0.3, -0.25) is 14.9 Å². The fraction of sp³-hybridized carbons (Fsp3) is 0.167. The third-order valence-electron chi connectivity index (χ3n) is 3.65. The number of nitrogens with zero attached hydrogens (tertiary/aromatic N) is 3. The van der Waals surface area contributed by atoms with E-state index >= 15 is 0 Å². The summed E-state index contributed by atoms with van der Waals surface area (Å²) >= 11 is 1.08. The highest BCUT2D eigenvalue weighted by molar-refractivity contribution is 8.14. The fourth-order valence-corrected chi connectivity index (χ4v) is 3.02. The number of benzene rings is 2. The van der Waals surface area contributed by atoms with Gasteiger partial charge in [0.1, 0.15) is 17.4 Å². The van der Waals surface area contributed by atoms with Gasteiger partial charge in [0.05, 0.1) is 22.5 Å². The minimum atomic E-state index is -0.942. The van der Waals surface area contributed by atoms with E-state index in [-0.39, 0.29) is 18.0 Å². The summed E-state index contributed by atoms with van der Waals surface area (Å²) in [5.41, 5.74) is 1.91. The summed E-state index contributed by atoms with van der Waals surface area (Å²) in [4.78, 5) is 21.4. The summed E-state index contributed by atoms with van der Waals surface area (Å²) in [7, 11) is 0. The van der Waals surface area contributed by atoms with Gasteiger partial charge in [0, 0.05) is 18.1 Å². The highest BCUT2D eigenvalue weighted by atomic mass is 32.2. The predicted molar refractivity (Wildman–Crippen MR) is 103 cm³/mol. The molecule has 3 rings (SSSR count). The quantitative estimate of drug-likeness (QED) is 0.576. The zero-order chi connectivity index (χ0) is 19.2. The van der Waals surface area contributed by atoms with Crippen LogP contribution in [0.5, 0.6) is 5.75 Å². The predicted octanol–water partition coefficient (Wildman–Crippen LogP) is 3.50. The monoisotopic (exact) mass is 385 g/mol. The minimum absolute atomic E-state index is 0.107. The lowest BCUT2D eigenvalue weighted by Gasteiger charge is -2.09. The number of non-ortho nitro benzene ring substituents is 1. The number of nitro groups is 1. The van der Waals surface area contributed by atoms with Gasteiger partial charge >= 0.3 is 5.97 Å². The average molecular weight is 385 g/mol. The first kappa shape index (κ1) is 18.6. The van der Waals surface area contributed by atoms with Gasteiger partial charge in [-0.1, -0.05) is 42.1 Å². The van der Waals surface area contributed by atoms with Crippen molar-refractivity contribution in [3.05, 3.63) is 69.8 Å². The minimum Gasteiger partial charge on any atom is -0.489 e. The molecule has 0 aromatic heterocycles. The van der Waals surface area contributed by atoms with E-state index in [1.165, 1.54) is 12.1 Å². The number of nitro benzene ring substituents is 1. The number of aliphatic carboxylic acids is 1. The van der Waals surface area contributed by atoms with Crippen LogP contribution < -0.4 is 4.74 Å². The molecule has 1 heterocycles. The molecule has 0 fully saturated rings. The van der Waals surface area contributed by atoms with Crippen LogP contribution in [0.15, 0.2) is 58.7 Å². The number of rotatable bonds is 7. The second-order valence-corrected chi connectivity index (χ2v) is 6.70. The molecule has 0 radical (unpaired) electrons. The van der Waals surface area contributed by atoms with E-state index in [0.717, 1.165) is 17.3 Å². The smallest absolute Gasteiger partial charge is 0.313 e. The Labute approximate surface area is 158 Å². The second kappa shape index (κ2) is 8.45. The summed E-state index contributed by atoms with van der Waals surface area (Å²) in [6, 6.07) is 13.9. The molecule has 9 heteroatoms. The molecule has 0 bridgehead atoms. The van der Waals surface area contributed by atoms with Crippen LogP contribution in [0.25, 0.3) is 0 Å². The molecule has 0 spiro atoms. The first-order chi connectivity index (χ1) is 13.0. The highest BCUT2D eigenvalue weighted by Crippen LogP contribution is 2.27. The third kappa shape index (κ3) is 5.14.